The predicted molar refractivity (Wildman–Crippen MR) is 154 cm³/mol. The molecular weight excluding hydrogens is 490 g/mol. The number of aryl methyl sites for hydroxylation is 1. The van der Waals surface area contributed by atoms with E-state index in [1.54, 1.807) is 24.3 Å². The maximum absolute atomic E-state index is 12.9. The third kappa shape index (κ3) is 4.28. The summed E-state index contributed by atoms with van der Waals surface area (Å²) in [5, 5.41) is 13.2. The molecule has 4 nitrogen and oxygen atoms in total. The third-order valence-corrected chi connectivity index (χ3v) is 9.84. The summed E-state index contributed by atoms with van der Waals surface area (Å²) in [5.74, 6) is 2.35. The van der Waals surface area contributed by atoms with Crippen LogP contribution in [0.1, 0.15) is 66.6 Å². The maximum Gasteiger partial charge on any atom is 0.266 e. The predicted octanol–water partition coefficient (Wildman–Crippen LogP) is 8.07. The molecule has 1 aromatic heterocycles. The van der Waals surface area contributed by atoms with Crippen LogP contribution in [0.3, 0.4) is 0 Å². The minimum Gasteiger partial charge on any atom is -0.321 e. The maximum atomic E-state index is 12.9. The van der Waals surface area contributed by atoms with Gasteiger partial charge in [-0.05, 0) is 136 Å². The average molecular weight is 524 g/mol. The molecule has 4 aliphatic rings. The summed E-state index contributed by atoms with van der Waals surface area (Å²) in [6.45, 7) is 5.95. The van der Waals surface area contributed by atoms with Crippen molar-refractivity contribution in [3.8, 4) is 11.8 Å². The minimum absolute atomic E-state index is 0.0572. The van der Waals surface area contributed by atoms with E-state index in [4.69, 9.17) is 11.6 Å². The van der Waals surface area contributed by atoms with E-state index in [1.165, 1.54) is 44.1 Å². The molecule has 1 amide bonds. The molecule has 0 atom stereocenters. The second-order valence-electron chi connectivity index (χ2n) is 11.9. The van der Waals surface area contributed by atoms with Crippen LogP contribution in [-0.4, -0.2) is 10.5 Å². The zero-order valence-electron chi connectivity index (χ0n) is 22.4. The number of carbonyl (C=O) groups is 1. The average Bonchev–Trinajstić information content (AvgIpc) is 3.16. The molecule has 38 heavy (non-hydrogen) atoms. The molecule has 4 bridgehead atoms. The molecule has 7 rings (SSSR count). The highest BCUT2D eigenvalue weighted by Gasteiger charge is 2.51. The molecule has 4 aliphatic carbocycles. The molecule has 4 saturated carbocycles. The van der Waals surface area contributed by atoms with Gasteiger partial charge in [0.15, 0.2) is 0 Å². The quantitative estimate of drug-likeness (QED) is 0.271. The zero-order chi connectivity index (χ0) is 26.6. The van der Waals surface area contributed by atoms with E-state index in [-0.39, 0.29) is 5.57 Å². The lowest BCUT2D eigenvalue weighted by molar-refractivity contribution is -0.112. The van der Waals surface area contributed by atoms with Gasteiger partial charge in [-0.2, -0.15) is 5.26 Å². The van der Waals surface area contributed by atoms with Crippen molar-refractivity contribution in [1.29, 1.82) is 5.26 Å². The van der Waals surface area contributed by atoms with E-state index in [0.717, 1.165) is 46.0 Å². The highest BCUT2D eigenvalue weighted by molar-refractivity contribution is 6.31. The monoisotopic (exact) mass is 523 g/mol. The molecule has 0 unspecified atom stereocenters. The zero-order valence-corrected chi connectivity index (χ0v) is 23.1. The Bertz CT molecular complexity index is 1450. The van der Waals surface area contributed by atoms with Gasteiger partial charge in [0.25, 0.3) is 5.91 Å². The van der Waals surface area contributed by atoms with Crippen molar-refractivity contribution in [2.45, 2.75) is 64.7 Å². The van der Waals surface area contributed by atoms with E-state index in [2.05, 4.69) is 47.1 Å². The van der Waals surface area contributed by atoms with Crippen LogP contribution in [0, 0.1) is 49.9 Å². The number of amides is 1. The number of nitriles is 1. The lowest BCUT2D eigenvalue weighted by Crippen LogP contribution is -2.48. The van der Waals surface area contributed by atoms with Crippen molar-refractivity contribution in [3.63, 3.8) is 0 Å². The van der Waals surface area contributed by atoms with E-state index in [0.29, 0.717) is 16.1 Å². The number of rotatable bonds is 5. The topological polar surface area (TPSA) is 57.8 Å². The molecular formula is C33H34ClN3O. The van der Waals surface area contributed by atoms with Gasteiger partial charge < -0.3 is 9.88 Å². The third-order valence-electron chi connectivity index (χ3n) is 9.43. The number of carbonyl (C=O) groups excluding carboxylic acids is 1. The Morgan fingerprint density at radius 1 is 1.03 bits per heavy atom. The summed E-state index contributed by atoms with van der Waals surface area (Å²) >= 11 is 6.19. The summed E-state index contributed by atoms with van der Waals surface area (Å²) < 4.78 is 2.21. The van der Waals surface area contributed by atoms with Crippen molar-refractivity contribution in [2.24, 2.45) is 17.8 Å². The van der Waals surface area contributed by atoms with Crippen molar-refractivity contribution < 1.29 is 4.79 Å². The molecule has 4 fully saturated rings. The van der Waals surface area contributed by atoms with Crippen LogP contribution >= 0.6 is 11.6 Å². The highest BCUT2D eigenvalue weighted by atomic mass is 35.5. The van der Waals surface area contributed by atoms with Crippen LogP contribution < -0.4 is 5.32 Å². The van der Waals surface area contributed by atoms with Crippen molar-refractivity contribution in [3.05, 3.63) is 87.2 Å². The van der Waals surface area contributed by atoms with E-state index >= 15 is 0 Å². The van der Waals surface area contributed by atoms with E-state index < -0.39 is 5.91 Å². The molecule has 5 heteroatoms. The van der Waals surface area contributed by atoms with Crippen LogP contribution in [0.25, 0.3) is 11.8 Å². The van der Waals surface area contributed by atoms with Gasteiger partial charge in [-0.3, -0.25) is 4.79 Å². The van der Waals surface area contributed by atoms with Gasteiger partial charge in [-0.25, -0.2) is 0 Å². The summed E-state index contributed by atoms with van der Waals surface area (Å²) in [6, 6.07) is 18.7. The van der Waals surface area contributed by atoms with Crippen molar-refractivity contribution >= 4 is 29.3 Å². The van der Waals surface area contributed by atoms with Crippen molar-refractivity contribution in [1.82, 2.24) is 4.57 Å². The lowest BCUT2D eigenvalue weighted by atomic mass is 9.48. The number of nitrogens with zero attached hydrogens (tertiary/aromatic N) is 2. The number of hydrogen-bond acceptors (Lipinski definition) is 2. The Morgan fingerprint density at radius 2 is 1.66 bits per heavy atom. The van der Waals surface area contributed by atoms with E-state index in [9.17, 15) is 10.1 Å². The van der Waals surface area contributed by atoms with Gasteiger partial charge in [-0.1, -0.05) is 29.8 Å². The van der Waals surface area contributed by atoms with Gasteiger partial charge in [0.1, 0.15) is 11.6 Å². The Labute approximate surface area is 230 Å². The minimum atomic E-state index is -0.442. The van der Waals surface area contributed by atoms with Crippen molar-refractivity contribution in [2.75, 3.05) is 5.32 Å². The van der Waals surface area contributed by atoms with Crippen LogP contribution in [0.5, 0.6) is 0 Å². The lowest BCUT2D eigenvalue weighted by Gasteiger charge is -2.57. The molecule has 1 N–H and O–H groups in total. The number of benzene rings is 2. The standard InChI is InChI=1S/C33H34ClN3O/c1-20-11-26(15-27(19-35)32(38)36-31-6-4-5-30(34)21(31)2)22(3)37(20)29-9-7-28(8-10-29)33-16-23-12-24(17-33)14-25(13-23)18-33/h4-11,15,23-25H,12-14,16-18H2,1-3H3,(H,36,38)/b27-15+. The van der Waals surface area contributed by atoms with Gasteiger partial charge in [-0.15, -0.1) is 0 Å². The molecule has 0 radical (unpaired) electrons. The Hall–Kier alpha value is -3.29. The number of anilines is 1. The summed E-state index contributed by atoms with van der Waals surface area (Å²) in [4.78, 5) is 12.9. The second kappa shape index (κ2) is 9.47. The molecule has 0 aliphatic heterocycles. The summed E-state index contributed by atoms with van der Waals surface area (Å²) in [5.41, 5.74) is 7.39. The first-order chi connectivity index (χ1) is 18.3. The Balaban J connectivity index is 1.26. The van der Waals surface area contributed by atoms with Crippen LogP contribution in [0.4, 0.5) is 5.69 Å². The Kier molecular flexibility index (Phi) is 6.23. The van der Waals surface area contributed by atoms with Crippen LogP contribution in [-0.2, 0) is 10.2 Å². The molecule has 0 spiro atoms. The highest BCUT2D eigenvalue weighted by Crippen LogP contribution is 2.60. The first-order valence-electron chi connectivity index (χ1n) is 13.7. The largest absolute Gasteiger partial charge is 0.321 e. The first-order valence-corrected chi connectivity index (χ1v) is 14.1. The van der Waals surface area contributed by atoms with Crippen LogP contribution in [0.2, 0.25) is 5.02 Å². The van der Waals surface area contributed by atoms with E-state index in [1.807, 2.05) is 19.9 Å². The second-order valence-corrected chi connectivity index (χ2v) is 12.4. The van der Waals surface area contributed by atoms with Gasteiger partial charge in [0, 0.05) is 27.8 Å². The normalized spacial score (nSPS) is 25.9. The smallest absolute Gasteiger partial charge is 0.266 e. The summed E-state index contributed by atoms with van der Waals surface area (Å²) in [6.07, 6.45) is 10.1. The fourth-order valence-corrected chi connectivity index (χ4v) is 8.17. The van der Waals surface area contributed by atoms with Gasteiger partial charge in [0.2, 0.25) is 0 Å². The molecule has 3 aromatic rings. The molecule has 0 saturated heterocycles. The number of aromatic nitrogens is 1. The first kappa shape index (κ1) is 25.0. The summed E-state index contributed by atoms with van der Waals surface area (Å²) in [7, 11) is 0. The molecule has 1 heterocycles. The Morgan fingerprint density at radius 3 is 2.26 bits per heavy atom. The number of nitrogens with one attached hydrogen (secondary N) is 1. The molecule has 2 aromatic carbocycles. The van der Waals surface area contributed by atoms with Gasteiger partial charge >= 0.3 is 0 Å². The van der Waals surface area contributed by atoms with Crippen LogP contribution in [0.15, 0.2) is 54.1 Å². The fourth-order valence-electron chi connectivity index (χ4n) is 8.00. The fraction of sp³-hybridized carbons (Fsp3) is 0.394. The number of hydrogen-bond donors (Lipinski definition) is 1. The number of halogens is 1. The molecule has 194 valence electrons. The SMILES string of the molecule is Cc1c(Cl)cccc1NC(=O)/C(C#N)=C/c1cc(C)n(-c2ccc(C34CC5CC(CC(C5)C3)C4)cc2)c1C. The van der Waals surface area contributed by atoms with Gasteiger partial charge in [0.05, 0.1) is 0 Å².